The third kappa shape index (κ3) is 3.07. The Labute approximate surface area is 139 Å². The van der Waals surface area contributed by atoms with Crippen molar-refractivity contribution < 1.29 is 4.79 Å². The van der Waals surface area contributed by atoms with Crippen LogP contribution >= 0.6 is 11.8 Å². The Morgan fingerprint density at radius 2 is 2.04 bits per heavy atom. The lowest BCUT2D eigenvalue weighted by molar-refractivity contribution is 0.0889. The van der Waals surface area contributed by atoms with Gasteiger partial charge in [-0.25, -0.2) is 9.50 Å². The number of hydrogen-bond donors (Lipinski definition) is 2. The molecule has 0 bridgehead atoms. The lowest BCUT2D eigenvalue weighted by atomic mass is 9.85. The van der Waals surface area contributed by atoms with Crippen LogP contribution in [0.3, 0.4) is 0 Å². The van der Waals surface area contributed by atoms with Crippen molar-refractivity contribution in [2.45, 2.75) is 43.8 Å². The third-order valence-corrected chi connectivity index (χ3v) is 5.83. The number of fused-ring (bicyclic) bond motifs is 1. The number of aromatic nitrogens is 3. The van der Waals surface area contributed by atoms with Crippen LogP contribution in [-0.4, -0.2) is 50.1 Å². The van der Waals surface area contributed by atoms with Crippen molar-refractivity contribution >= 4 is 23.3 Å². The van der Waals surface area contributed by atoms with E-state index >= 15 is 0 Å². The molecule has 1 aliphatic heterocycles. The van der Waals surface area contributed by atoms with E-state index in [0.29, 0.717) is 23.3 Å². The summed E-state index contributed by atoms with van der Waals surface area (Å²) in [6.45, 7) is 0. The topological polar surface area (TPSA) is 71.3 Å². The summed E-state index contributed by atoms with van der Waals surface area (Å²) in [6.07, 6.45) is 9.73. The van der Waals surface area contributed by atoms with E-state index in [2.05, 4.69) is 20.7 Å². The molecule has 1 aliphatic carbocycles. The molecule has 2 aliphatic rings. The van der Waals surface area contributed by atoms with Gasteiger partial charge in [0.15, 0.2) is 5.65 Å². The maximum atomic E-state index is 12.5. The SMILES string of the molecule is O=C(N[C@H]1CC[C@H]1NC1CCSCC1)c1cnn2cccnc12. The monoisotopic (exact) mass is 331 g/mol. The average Bonchev–Trinajstić information content (AvgIpc) is 3.01. The van der Waals surface area contributed by atoms with Gasteiger partial charge in [-0.05, 0) is 43.3 Å². The van der Waals surface area contributed by atoms with Crippen LogP contribution in [0.5, 0.6) is 0 Å². The van der Waals surface area contributed by atoms with Crippen LogP contribution < -0.4 is 10.6 Å². The highest BCUT2D eigenvalue weighted by Crippen LogP contribution is 2.24. The second-order valence-corrected chi connectivity index (χ2v) is 7.49. The molecule has 4 rings (SSSR count). The molecule has 2 N–H and O–H groups in total. The molecule has 1 saturated carbocycles. The summed E-state index contributed by atoms with van der Waals surface area (Å²) in [5.74, 6) is 2.42. The summed E-state index contributed by atoms with van der Waals surface area (Å²) >= 11 is 2.04. The molecule has 6 nitrogen and oxygen atoms in total. The first-order valence-electron chi connectivity index (χ1n) is 8.24. The maximum absolute atomic E-state index is 12.5. The maximum Gasteiger partial charge on any atom is 0.257 e. The number of carbonyl (C=O) groups excluding carboxylic acids is 1. The lowest BCUT2D eigenvalue weighted by Gasteiger charge is -2.40. The fourth-order valence-electron chi connectivity index (χ4n) is 3.27. The molecule has 3 heterocycles. The van der Waals surface area contributed by atoms with Crippen molar-refractivity contribution in [3.05, 3.63) is 30.2 Å². The van der Waals surface area contributed by atoms with E-state index in [1.165, 1.54) is 24.3 Å². The second-order valence-electron chi connectivity index (χ2n) is 6.26. The summed E-state index contributed by atoms with van der Waals surface area (Å²) in [5, 5.41) is 11.1. The van der Waals surface area contributed by atoms with Crippen LogP contribution in [0.25, 0.3) is 5.65 Å². The zero-order chi connectivity index (χ0) is 15.6. The molecule has 0 aromatic carbocycles. The van der Waals surface area contributed by atoms with Gasteiger partial charge in [0.25, 0.3) is 5.91 Å². The molecule has 7 heteroatoms. The largest absolute Gasteiger partial charge is 0.348 e. The third-order valence-electron chi connectivity index (χ3n) is 4.79. The van der Waals surface area contributed by atoms with E-state index in [0.717, 1.165) is 12.8 Å². The summed E-state index contributed by atoms with van der Waals surface area (Å²) < 4.78 is 1.63. The average molecular weight is 331 g/mol. The number of thioether (sulfide) groups is 1. The first-order chi connectivity index (χ1) is 11.3. The van der Waals surface area contributed by atoms with E-state index in [1.54, 1.807) is 29.2 Å². The minimum Gasteiger partial charge on any atom is -0.348 e. The van der Waals surface area contributed by atoms with Gasteiger partial charge in [-0.3, -0.25) is 4.79 Å². The fourth-order valence-corrected chi connectivity index (χ4v) is 4.38. The van der Waals surface area contributed by atoms with E-state index < -0.39 is 0 Å². The Hall–Kier alpha value is -1.60. The van der Waals surface area contributed by atoms with Gasteiger partial charge in [0.05, 0.1) is 6.20 Å². The van der Waals surface area contributed by atoms with Gasteiger partial charge < -0.3 is 10.6 Å². The predicted molar refractivity (Wildman–Crippen MR) is 90.7 cm³/mol. The van der Waals surface area contributed by atoms with E-state index in [-0.39, 0.29) is 11.9 Å². The fraction of sp³-hybridized carbons (Fsp3) is 0.562. The van der Waals surface area contributed by atoms with Crippen LogP contribution in [0.4, 0.5) is 0 Å². The molecule has 1 saturated heterocycles. The highest BCUT2D eigenvalue weighted by molar-refractivity contribution is 7.99. The number of nitrogens with zero attached hydrogens (tertiary/aromatic N) is 3. The minimum atomic E-state index is -0.0746. The lowest BCUT2D eigenvalue weighted by Crippen LogP contribution is -2.59. The summed E-state index contributed by atoms with van der Waals surface area (Å²) in [5.41, 5.74) is 1.16. The van der Waals surface area contributed by atoms with Crippen molar-refractivity contribution in [3.8, 4) is 0 Å². The molecular formula is C16H21N5OS. The number of rotatable bonds is 4. The number of nitrogens with one attached hydrogen (secondary N) is 2. The van der Waals surface area contributed by atoms with Crippen LogP contribution in [0.15, 0.2) is 24.7 Å². The molecule has 2 atom stereocenters. The first kappa shape index (κ1) is 15.0. The quantitative estimate of drug-likeness (QED) is 0.888. The normalized spacial score (nSPS) is 25.2. The summed E-state index contributed by atoms with van der Waals surface area (Å²) in [4.78, 5) is 16.8. The standard InChI is InChI=1S/C16H21N5OS/c22-16(12-10-18-21-7-1-6-17-15(12)21)20-14-3-2-13(14)19-11-4-8-23-9-5-11/h1,6-7,10-11,13-14,19H,2-5,8-9H2,(H,20,22)/t13-,14+/m1/s1. The van der Waals surface area contributed by atoms with Gasteiger partial charge in [-0.1, -0.05) is 0 Å². The van der Waals surface area contributed by atoms with Crippen molar-refractivity contribution in [1.29, 1.82) is 0 Å². The van der Waals surface area contributed by atoms with Gasteiger partial charge >= 0.3 is 0 Å². The van der Waals surface area contributed by atoms with Crippen molar-refractivity contribution in [3.63, 3.8) is 0 Å². The molecular weight excluding hydrogens is 310 g/mol. The van der Waals surface area contributed by atoms with Crippen LogP contribution in [0.1, 0.15) is 36.0 Å². The first-order valence-corrected chi connectivity index (χ1v) is 9.40. The zero-order valence-corrected chi connectivity index (χ0v) is 13.8. The smallest absolute Gasteiger partial charge is 0.257 e. The van der Waals surface area contributed by atoms with Crippen molar-refractivity contribution in [2.24, 2.45) is 0 Å². The molecule has 2 aromatic rings. The zero-order valence-electron chi connectivity index (χ0n) is 12.9. The van der Waals surface area contributed by atoms with E-state index in [9.17, 15) is 4.79 Å². The molecule has 0 spiro atoms. The number of amides is 1. The van der Waals surface area contributed by atoms with Gasteiger partial charge in [0, 0.05) is 30.5 Å². The Morgan fingerprint density at radius 1 is 1.22 bits per heavy atom. The molecule has 0 unspecified atom stereocenters. The highest BCUT2D eigenvalue weighted by Gasteiger charge is 2.34. The Kier molecular flexibility index (Phi) is 4.22. The van der Waals surface area contributed by atoms with E-state index in [1.807, 2.05) is 11.8 Å². The van der Waals surface area contributed by atoms with Gasteiger partial charge in [0.1, 0.15) is 5.56 Å². The molecule has 2 fully saturated rings. The molecule has 2 aromatic heterocycles. The van der Waals surface area contributed by atoms with Gasteiger partial charge in [-0.15, -0.1) is 0 Å². The van der Waals surface area contributed by atoms with Crippen LogP contribution in [-0.2, 0) is 0 Å². The Balaban J connectivity index is 1.38. The molecule has 0 radical (unpaired) electrons. The molecule has 122 valence electrons. The van der Waals surface area contributed by atoms with Crippen molar-refractivity contribution in [2.75, 3.05) is 11.5 Å². The van der Waals surface area contributed by atoms with Gasteiger partial charge in [-0.2, -0.15) is 16.9 Å². The van der Waals surface area contributed by atoms with Gasteiger partial charge in [0.2, 0.25) is 0 Å². The summed E-state index contributed by atoms with van der Waals surface area (Å²) in [6, 6.07) is 3.04. The van der Waals surface area contributed by atoms with E-state index in [4.69, 9.17) is 0 Å². The number of hydrogen-bond acceptors (Lipinski definition) is 5. The summed E-state index contributed by atoms with van der Waals surface area (Å²) in [7, 11) is 0. The Bertz CT molecular complexity index is 697. The van der Waals surface area contributed by atoms with Crippen LogP contribution in [0, 0.1) is 0 Å². The second kappa shape index (κ2) is 6.49. The van der Waals surface area contributed by atoms with Crippen molar-refractivity contribution in [1.82, 2.24) is 25.2 Å². The highest BCUT2D eigenvalue weighted by atomic mass is 32.2. The minimum absolute atomic E-state index is 0.0746. The Morgan fingerprint density at radius 3 is 2.83 bits per heavy atom. The molecule has 23 heavy (non-hydrogen) atoms. The number of carbonyl (C=O) groups is 1. The van der Waals surface area contributed by atoms with Crippen LogP contribution in [0.2, 0.25) is 0 Å². The molecule has 1 amide bonds. The predicted octanol–water partition coefficient (Wildman–Crippen LogP) is 1.48.